The summed E-state index contributed by atoms with van der Waals surface area (Å²) in [6.07, 6.45) is 0. The van der Waals surface area contributed by atoms with Crippen LogP contribution in [0.25, 0.3) is 0 Å². The first-order chi connectivity index (χ1) is 13.7. The van der Waals surface area contributed by atoms with E-state index in [1.54, 1.807) is 0 Å². The molecule has 0 amide bonds. The lowest BCUT2D eigenvalue weighted by Gasteiger charge is -2.21. The number of rotatable bonds is 9. The second kappa shape index (κ2) is 13.1. The van der Waals surface area contributed by atoms with Crippen molar-refractivity contribution in [1.29, 1.82) is 0 Å². The first-order valence-corrected chi connectivity index (χ1v) is 9.93. The molecule has 0 aliphatic rings. The number of hydrogen-bond donors (Lipinski definition) is 1. The van der Waals surface area contributed by atoms with Gasteiger partial charge in [-0.2, -0.15) is 0 Å². The molecule has 0 aliphatic carbocycles. The lowest BCUT2D eigenvalue weighted by molar-refractivity contribution is 0.0969. The lowest BCUT2D eigenvalue weighted by atomic mass is 9.97. The number of Topliss-reactive ketones (excluding diaryl/α,β-unsaturated/α-hetero) is 1. The number of ketones is 1. The van der Waals surface area contributed by atoms with E-state index in [4.69, 9.17) is 0 Å². The molecule has 5 heteroatoms. The molecule has 0 aliphatic heterocycles. The van der Waals surface area contributed by atoms with Crippen LogP contribution in [-0.2, 0) is 6.54 Å². The molecular weight excluding hydrogens is 415 g/mol. The van der Waals surface area contributed by atoms with E-state index in [1.807, 2.05) is 60.7 Å². The Labute approximate surface area is 192 Å². The van der Waals surface area contributed by atoms with Gasteiger partial charge in [0.1, 0.15) is 6.04 Å². The maximum Gasteiger partial charge on any atom is 0.189 e. The van der Waals surface area contributed by atoms with E-state index in [0.717, 1.165) is 30.9 Å². The van der Waals surface area contributed by atoms with E-state index in [-0.39, 0.29) is 30.6 Å². The van der Waals surface area contributed by atoms with E-state index in [0.29, 0.717) is 5.56 Å². The average molecular weight is 445 g/mol. The molecule has 0 radical (unpaired) electrons. The van der Waals surface area contributed by atoms with Crippen molar-refractivity contribution in [1.82, 2.24) is 4.90 Å². The number of hydrogen-bond acceptors (Lipinski definition) is 3. The summed E-state index contributed by atoms with van der Waals surface area (Å²) in [6.45, 7) is 7.38. The highest BCUT2D eigenvalue weighted by Gasteiger charge is 2.21. The molecule has 3 aromatic carbocycles. The van der Waals surface area contributed by atoms with Gasteiger partial charge in [0.15, 0.2) is 5.78 Å². The first kappa shape index (κ1) is 25.7. The van der Waals surface area contributed by atoms with Gasteiger partial charge in [-0.05, 0) is 36.3 Å². The van der Waals surface area contributed by atoms with Crippen molar-refractivity contribution >= 4 is 36.3 Å². The zero-order valence-corrected chi connectivity index (χ0v) is 19.1. The van der Waals surface area contributed by atoms with E-state index in [2.05, 4.69) is 48.3 Å². The van der Waals surface area contributed by atoms with Gasteiger partial charge in [-0.1, -0.05) is 86.6 Å². The van der Waals surface area contributed by atoms with Crippen LogP contribution in [-0.4, -0.2) is 23.8 Å². The minimum atomic E-state index is -0.419. The van der Waals surface area contributed by atoms with Crippen LogP contribution in [0, 0.1) is 0 Å². The fraction of sp³-hybridized carbons (Fsp3) is 0.240. The number of carbonyl (C=O) groups is 1. The molecule has 0 spiro atoms. The second-order valence-electron chi connectivity index (χ2n) is 6.88. The first-order valence-electron chi connectivity index (χ1n) is 9.93. The van der Waals surface area contributed by atoms with Crippen LogP contribution < -0.4 is 5.32 Å². The van der Waals surface area contributed by atoms with E-state index in [1.165, 1.54) is 5.56 Å². The molecule has 1 unspecified atom stereocenters. The summed E-state index contributed by atoms with van der Waals surface area (Å²) in [5.41, 5.74) is 3.90. The smallest absolute Gasteiger partial charge is 0.189 e. The predicted molar refractivity (Wildman–Crippen MR) is 131 cm³/mol. The van der Waals surface area contributed by atoms with Gasteiger partial charge in [0, 0.05) is 17.8 Å². The maximum absolute atomic E-state index is 13.2. The monoisotopic (exact) mass is 444 g/mol. The van der Waals surface area contributed by atoms with Crippen molar-refractivity contribution in [2.24, 2.45) is 0 Å². The van der Waals surface area contributed by atoms with Crippen LogP contribution in [0.5, 0.6) is 0 Å². The molecule has 0 saturated carbocycles. The largest absolute Gasteiger partial charge is 0.371 e. The molecule has 0 bridgehead atoms. The van der Waals surface area contributed by atoms with E-state index < -0.39 is 6.04 Å². The zero-order chi connectivity index (χ0) is 19.8. The van der Waals surface area contributed by atoms with Crippen LogP contribution >= 0.6 is 24.8 Å². The molecule has 3 nitrogen and oxygen atoms in total. The summed E-state index contributed by atoms with van der Waals surface area (Å²) in [4.78, 5) is 15.6. The van der Waals surface area contributed by atoms with Crippen molar-refractivity contribution in [3.05, 3.63) is 102 Å². The molecule has 30 heavy (non-hydrogen) atoms. The van der Waals surface area contributed by atoms with Crippen LogP contribution in [0.2, 0.25) is 0 Å². The Morgan fingerprint density at radius 3 is 1.87 bits per heavy atom. The molecule has 1 N–H and O–H groups in total. The van der Waals surface area contributed by atoms with Crippen molar-refractivity contribution in [2.75, 3.05) is 18.4 Å². The number of carbonyl (C=O) groups excluding carboxylic acids is 1. The fourth-order valence-electron chi connectivity index (χ4n) is 3.29. The third-order valence-corrected chi connectivity index (χ3v) is 5.02. The van der Waals surface area contributed by atoms with Crippen molar-refractivity contribution in [3.8, 4) is 0 Å². The fourth-order valence-corrected chi connectivity index (χ4v) is 3.29. The normalized spacial score (nSPS) is 11.2. The molecule has 1 atom stereocenters. The molecule has 3 rings (SSSR count). The SMILES string of the molecule is CCN(CC)Cc1ccc(NC(C(=O)c2ccccc2)c2ccccc2)cc1.Cl.Cl. The highest BCUT2D eigenvalue weighted by atomic mass is 35.5. The third kappa shape index (κ3) is 6.88. The summed E-state index contributed by atoms with van der Waals surface area (Å²) in [5.74, 6) is 0.0685. The van der Waals surface area contributed by atoms with Gasteiger partial charge >= 0.3 is 0 Å². The number of nitrogens with one attached hydrogen (secondary N) is 1. The number of benzene rings is 3. The Bertz CT molecular complexity index is 867. The minimum absolute atomic E-state index is 0. The summed E-state index contributed by atoms with van der Waals surface area (Å²) in [5, 5.41) is 3.44. The van der Waals surface area contributed by atoms with Crippen molar-refractivity contribution < 1.29 is 4.79 Å². The van der Waals surface area contributed by atoms with Gasteiger partial charge in [0.05, 0.1) is 0 Å². The van der Waals surface area contributed by atoms with Gasteiger partial charge in [0.25, 0.3) is 0 Å². The summed E-state index contributed by atoms with van der Waals surface area (Å²) >= 11 is 0. The van der Waals surface area contributed by atoms with Crippen LogP contribution in [0.3, 0.4) is 0 Å². The van der Waals surface area contributed by atoms with Gasteiger partial charge in [-0.25, -0.2) is 0 Å². The molecule has 3 aromatic rings. The topological polar surface area (TPSA) is 32.3 Å². The Kier molecular flexibility index (Phi) is 11.2. The molecule has 0 aromatic heterocycles. The average Bonchev–Trinajstić information content (AvgIpc) is 2.77. The third-order valence-electron chi connectivity index (χ3n) is 5.02. The maximum atomic E-state index is 13.2. The summed E-state index contributed by atoms with van der Waals surface area (Å²) in [6, 6.07) is 27.3. The van der Waals surface area contributed by atoms with Gasteiger partial charge in [0.2, 0.25) is 0 Å². The molecule has 0 saturated heterocycles. The van der Waals surface area contributed by atoms with Gasteiger partial charge in [-0.3, -0.25) is 9.69 Å². The van der Waals surface area contributed by atoms with Crippen molar-refractivity contribution in [2.45, 2.75) is 26.4 Å². The Hall–Kier alpha value is -2.33. The van der Waals surface area contributed by atoms with E-state index in [9.17, 15) is 4.79 Å². The van der Waals surface area contributed by atoms with E-state index >= 15 is 0 Å². The highest BCUT2D eigenvalue weighted by Crippen LogP contribution is 2.24. The molecule has 0 heterocycles. The number of halogens is 2. The molecule has 160 valence electrons. The Balaban J connectivity index is 0.00000225. The summed E-state index contributed by atoms with van der Waals surface area (Å²) in [7, 11) is 0. The van der Waals surface area contributed by atoms with Crippen LogP contribution in [0.15, 0.2) is 84.9 Å². The molecular formula is C25H30Cl2N2O. The van der Waals surface area contributed by atoms with Crippen molar-refractivity contribution in [3.63, 3.8) is 0 Å². The van der Waals surface area contributed by atoms with Gasteiger partial charge in [-0.15, -0.1) is 24.8 Å². The van der Waals surface area contributed by atoms with Crippen LogP contribution in [0.1, 0.15) is 41.4 Å². The molecule has 0 fully saturated rings. The second-order valence-corrected chi connectivity index (χ2v) is 6.88. The number of nitrogens with zero attached hydrogens (tertiary/aromatic N) is 1. The standard InChI is InChI=1S/C25H28N2O.2ClH/c1-3-27(4-2)19-20-15-17-23(18-16-20)26-24(21-11-7-5-8-12-21)25(28)22-13-9-6-10-14-22;;/h5-18,24,26H,3-4,19H2,1-2H3;2*1H. The summed E-state index contributed by atoms with van der Waals surface area (Å²) < 4.78 is 0. The van der Waals surface area contributed by atoms with Crippen LogP contribution in [0.4, 0.5) is 5.69 Å². The predicted octanol–water partition coefficient (Wildman–Crippen LogP) is 6.41. The Morgan fingerprint density at radius 2 is 1.33 bits per heavy atom. The Morgan fingerprint density at radius 1 is 0.800 bits per heavy atom. The van der Waals surface area contributed by atoms with Gasteiger partial charge < -0.3 is 5.32 Å². The number of anilines is 1. The highest BCUT2D eigenvalue weighted by molar-refractivity contribution is 6.02. The quantitative estimate of drug-likeness (QED) is 0.387. The minimum Gasteiger partial charge on any atom is -0.371 e. The zero-order valence-electron chi connectivity index (χ0n) is 17.5. The lowest BCUT2D eigenvalue weighted by Crippen LogP contribution is -2.22.